The van der Waals surface area contributed by atoms with Crippen molar-refractivity contribution in [1.29, 1.82) is 0 Å². The maximum absolute atomic E-state index is 11.8. The lowest BCUT2D eigenvalue weighted by molar-refractivity contribution is -0.120. The van der Waals surface area contributed by atoms with Crippen LogP contribution in [0.3, 0.4) is 0 Å². The molecule has 1 aromatic carbocycles. The van der Waals surface area contributed by atoms with E-state index in [0.717, 1.165) is 19.6 Å². The summed E-state index contributed by atoms with van der Waals surface area (Å²) in [5.41, 5.74) is 2.70. The lowest BCUT2D eigenvalue weighted by Gasteiger charge is -2.25. The maximum Gasteiger partial charge on any atom is 0.254 e. The Bertz CT molecular complexity index is 593. The van der Waals surface area contributed by atoms with E-state index in [1.165, 1.54) is 17.2 Å². The van der Waals surface area contributed by atoms with Gasteiger partial charge in [0.05, 0.1) is 22.9 Å². The minimum Gasteiger partial charge on any atom is -0.299 e. The molecular weight excluding hydrogens is 374 g/mol. The van der Waals surface area contributed by atoms with Gasteiger partial charge < -0.3 is 0 Å². The second-order valence-electron chi connectivity index (χ2n) is 6.57. The minimum atomic E-state index is 0.0291. The third-order valence-electron chi connectivity index (χ3n) is 4.93. The van der Waals surface area contributed by atoms with E-state index in [4.69, 9.17) is 0 Å². The molecule has 21 heavy (non-hydrogen) atoms. The predicted molar refractivity (Wildman–Crippen MR) is 96.0 cm³/mol. The zero-order valence-electron chi connectivity index (χ0n) is 12.6. The molecular formula is C16H20BIN2O. The summed E-state index contributed by atoms with van der Waals surface area (Å²) in [5.74, 6) is 0.629. The molecule has 0 radical (unpaired) electrons. The minimum absolute atomic E-state index is 0.0291. The molecule has 0 unspecified atom stereocenters. The van der Waals surface area contributed by atoms with E-state index in [9.17, 15) is 4.79 Å². The van der Waals surface area contributed by atoms with E-state index < -0.39 is 0 Å². The highest BCUT2D eigenvalue weighted by Gasteiger charge is 2.68. The molecule has 1 amide bonds. The van der Waals surface area contributed by atoms with Gasteiger partial charge in [-0.15, -0.1) is 0 Å². The molecule has 1 saturated heterocycles. The number of amides is 1. The van der Waals surface area contributed by atoms with E-state index in [-0.39, 0.29) is 11.2 Å². The normalized spacial score (nSPS) is 30.8. The number of benzene rings is 1. The Hall–Kier alpha value is -0.815. The summed E-state index contributed by atoms with van der Waals surface area (Å²) in [7, 11) is 2.31. The SMILES string of the molecule is B[C@@]12CN(Cc3cccc(C)c3)C[C@@H]1[C@H]2N(I)C(=O)C=C. The van der Waals surface area contributed by atoms with Crippen LogP contribution in [0.15, 0.2) is 36.9 Å². The highest BCUT2D eigenvalue weighted by Crippen LogP contribution is 2.65. The molecule has 3 atom stereocenters. The van der Waals surface area contributed by atoms with Crippen LogP contribution in [0.1, 0.15) is 11.1 Å². The lowest BCUT2D eigenvalue weighted by atomic mass is 9.81. The van der Waals surface area contributed by atoms with Crippen molar-refractivity contribution < 1.29 is 4.79 Å². The van der Waals surface area contributed by atoms with Gasteiger partial charge in [0.2, 0.25) is 0 Å². The van der Waals surface area contributed by atoms with Gasteiger partial charge in [-0.3, -0.25) is 12.8 Å². The maximum atomic E-state index is 11.8. The largest absolute Gasteiger partial charge is 0.299 e. The first-order valence-electron chi connectivity index (χ1n) is 7.35. The average Bonchev–Trinajstić information content (AvgIpc) is 2.85. The monoisotopic (exact) mass is 394 g/mol. The third-order valence-corrected chi connectivity index (χ3v) is 6.01. The van der Waals surface area contributed by atoms with Gasteiger partial charge in [-0.25, -0.2) is 0 Å². The Morgan fingerprint density at radius 1 is 1.67 bits per heavy atom. The van der Waals surface area contributed by atoms with Crippen LogP contribution in [0.25, 0.3) is 0 Å². The number of hydrogen-bond donors (Lipinski definition) is 0. The summed E-state index contributed by atoms with van der Waals surface area (Å²) in [4.78, 5) is 14.3. The number of fused-ring (bicyclic) bond motifs is 1. The predicted octanol–water partition coefficient (Wildman–Crippen LogP) is 1.97. The van der Waals surface area contributed by atoms with E-state index in [2.05, 4.69) is 73.4 Å². The number of aryl methyl sites for hydroxylation is 1. The van der Waals surface area contributed by atoms with Crippen molar-refractivity contribution in [2.24, 2.45) is 5.92 Å². The average molecular weight is 394 g/mol. The Morgan fingerprint density at radius 3 is 3.00 bits per heavy atom. The van der Waals surface area contributed by atoms with Crippen molar-refractivity contribution in [3.8, 4) is 0 Å². The first kappa shape index (κ1) is 15.1. The molecule has 3 nitrogen and oxygen atoms in total. The molecule has 1 aromatic rings. The van der Waals surface area contributed by atoms with Gasteiger partial charge in [-0.1, -0.05) is 36.4 Å². The van der Waals surface area contributed by atoms with Crippen LogP contribution in [0.2, 0.25) is 5.31 Å². The summed E-state index contributed by atoms with van der Waals surface area (Å²) in [6, 6.07) is 9.09. The Labute approximate surface area is 141 Å². The number of nitrogens with zero attached hydrogens (tertiary/aromatic N) is 2. The fourth-order valence-electron chi connectivity index (χ4n) is 3.81. The third kappa shape index (κ3) is 2.66. The van der Waals surface area contributed by atoms with Gasteiger partial charge in [0.25, 0.3) is 5.91 Å². The summed E-state index contributed by atoms with van der Waals surface area (Å²) >= 11 is 2.15. The number of rotatable bonds is 4. The van der Waals surface area contributed by atoms with Gasteiger partial charge in [-0.2, -0.15) is 0 Å². The van der Waals surface area contributed by atoms with Crippen molar-refractivity contribution in [3.63, 3.8) is 0 Å². The number of hydrogen-bond acceptors (Lipinski definition) is 2. The summed E-state index contributed by atoms with van der Waals surface area (Å²) in [5, 5.41) is 0.254. The highest BCUT2D eigenvalue weighted by molar-refractivity contribution is 14.1. The van der Waals surface area contributed by atoms with Gasteiger partial charge in [0, 0.05) is 19.1 Å². The molecule has 1 aliphatic heterocycles. The smallest absolute Gasteiger partial charge is 0.254 e. The van der Waals surface area contributed by atoms with Crippen LogP contribution < -0.4 is 0 Å². The number of likely N-dealkylation sites (tertiary alicyclic amines) is 1. The number of carbonyl (C=O) groups excluding carboxylic acids is 1. The van der Waals surface area contributed by atoms with Crippen LogP contribution in [0, 0.1) is 12.8 Å². The van der Waals surface area contributed by atoms with E-state index in [0.29, 0.717) is 12.0 Å². The molecule has 1 saturated carbocycles. The lowest BCUT2D eigenvalue weighted by Crippen LogP contribution is -2.33. The molecule has 0 spiro atoms. The second-order valence-corrected chi connectivity index (χ2v) is 7.61. The molecule has 5 heteroatoms. The van der Waals surface area contributed by atoms with Crippen molar-refractivity contribution in [2.45, 2.75) is 24.8 Å². The fraction of sp³-hybridized carbons (Fsp3) is 0.438. The van der Waals surface area contributed by atoms with Gasteiger partial charge >= 0.3 is 0 Å². The summed E-state index contributed by atoms with van der Waals surface area (Å²) in [6.07, 6.45) is 1.41. The van der Waals surface area contributed by atoms with E-state index in [1.54, 1.807) is 0 Å². The molecule has 3 rings (SSSR count). The first-order chi connectivity index (χ1) is 9.95. The quantitative estimate of drug-likeness (QED) is 0.338. The van der Waals surface area contributed by atoms with E-state index in [1.807, 2.05) is 3.11 Å². The molecule has 1 heterocycles. The van der Waals surface area contributed by atoms with Crippen LogP contribution in [-0.2, 0) is 11.3 Å². The van der Waals surface area contributed by atoms with Crippen molar-refractivity contribution in [2.75, 3.05) is 13.1 Å². The van der Waals surface area contributed by atoms with Gasteiger partial charge in [0.15, 0.2) is 0 Å². The Kier molecular flexibility index (Phi) is 3.90. The molecule has 0 aromatic heterocycles. The Balaban J connectivity index is 1.62. The molecule has 2 aliphatic rings. The van der Waals surface area contributed by atoms with E-state index >= 15 is 0 Å². The first-order valence-corrected chi connectivity index (χ1v) is 8.31. The van der Waals surface area contributed by atoms with Crippen molar-refractivity contribution in [3.05, 3.63) is 48.0 Å². The van der Waals surface area contributed by atoms with Crippen LogP contribution in [0.5, 0.6) is 0 Å². The highest BCUT2D eigenvalue weighted by atomic mass is 127. The van der Waals surface area contributed by atoms with Gasteiger partial charge in [0.1, 0.15) is 7.85 Å². The molecule has 1 aliphatic carbocycles. The van der Waals surface area contributed by atoms with Crippen molar-refractivity contribution >= 4 is 36.6 Å². The fourth-order valence-corrected chi connectivity index (χ4v) is 5.03. The number of piperidine rings is 1. The summed E-state index contributed by atoms with van der Waals surface area (Å²) < 4.78 is 1.85. The molecule has 0 bridgehead atoms. The number of carbonyl (C=O) groups is 1. The zero-order chi connectivity index (χ0) is 15.2. The molecule has 2 fully saturated rings. The van der Waals surface area contributed by atoms with Crippen LogP contribution in [-0.4, -0.2) is 40.9 Å². The number of halogens is 1. The van der Waals surface area contributed by atoms with Crippen molar-refractivity contribution in [1.82, 2.24) is 8.01 Å². The zero-order valence-corrected chi connectivity index (χ0v) is 14.7. The van der Waals surface area contributed by atoms with Crippen LogP contribution in [0.4, 0.5) is 0 Å². The van der Waals surface area contributed by atoms with Gasteiger partial charge in [-0.05, 0) is 36.3 Å². The Morgan fingerprint density at radius 2 is 2.43 bits per heavy atom. The second kappa shape index (κ2) is 5.43. The topological polar surface area (TPSA) is 23.6 Å². The molecule has 110 valence electrons. The van der Waals surface area contributed by atoms with Crippen LogP contribution >= 0.6 is 22.9 Å². The standard InChI is InChI=1S/C16H20BIN2O/c1-3-14(21)20(18)15-13-9-19(10-16(13,15)17)8-12-6-4-5-11(2)7-12/h3-7,13,15H,1,8-10,17H2,2H3/t13-,15-,16+/m1/s1. The molecule has 0 N–H and O–H groups in total. The summed E-state index contributed by atoms with van der Waals surface area (Å²) in [6.45, 7) is 8.88.